The summed E-state index contributed by atoms with van der Waals surface area (Å²) in [5.74, 6) is -0.603. The number of carbonyl (C=O) groups excluding carboxylic acids is 1. The van der Waals surface area contributed by atoms with E-state index >= 15 is 0 Å². The first kappa shape index (κ1) is 13.8. The van der Waals surface area contributed by atoms with Crippen molar-refractivity contribution in [1.82, 2.24) is 0 Å². The van der Waals surface area contributed by atoms with Crippen LogP contribution in [0.1, 0.15) is 27.0 Å². The Hall–Kier alpha value is -2.61. The van der Waals surface area contributed by atoms with Gasteiger partial charge in [-0.1, -0.05) is 30.3 Å². The summed E-state index contributed by atoms with van der Waals surface area (Å²) in [7, 11) is 0. The van der Waals surface area contributed by atoms with Crippen LogP contribution in [0.4, 0.5) is 13.2 Å². The first-order valence-corrected chi connectivity index (χ1v) is 5.64. The predicted octanol–water partition coefficient (Wildman–Crippen LogP) is 3.81. The van der Waals surface area contributed by atoms with E-state index in [4.69, 9.17) is 5.26 Å². The standard InChI is InChI=1S/C15H8F3NO/c16-15(17,18)12-7-6-11(9-19)13(8-12)14(20)10-4-2-1-3-5-10/h1-8H. The quantitative estimate of drug-likeness (QED) is 0.782. The Kier molecular flexibility index (Phi) is 3.57. The first-order chi connectivity index (χ1) is 9.43. The lowest BCUT2D eigenvalue weighted by Crippen LogP contribution is -2.10. The summed E-state index contributed by atoms with van der Waals surface area (Å²) in [4.78, 5) is 12.2. The Morgan fingerprint density at radius 1 is 1.05 bits per heavy atom. The highest BCUT2D eigenvalue weighted by Crippen LogP contribution is 2.31. The molecule has 0 saturated carbocycles. The molecule has 100 valence electrons. The van der Waals surface area contributed by atoms with Crippen LogP contribution in [0.2, 0.25) is 0 Å². The maximum absolute atomic E-state index is 12.7. The van der Waals surface area contributed by atoms with Crippen molar-refractivity contribution >= 4 is 5.78 Å². The lowest BCUT2D eigenvalue weighted by Gasteiger charge is -2.09. The minimum absolute atomic E-state index is 0.0770. The van der Waals surface area contributed by atoms with Crippen LogP contribution >= 0.6 is 0 Å². The van der Waals surface area contributed by atoms with Gasteiger partial charge in [0.25, 0.3) is 0 Å². The van der Waals surface area contributed by atoms with Crippen molar-refractivity contribution in [2.45, 2.75) is 6.18 Å². The maximum Gasteiger partial charge on any atom is 0.416 e. The molecule has 2 rings (SSSR count). The third-order valence-corrected chi connectivity index (χ3v) is 2.75. The van der Waals surface area contributed by atoms with E-state index in [2.05, 4.69) is 0 Å². The fraction of sp³-hybridized carbons (Fsp3) is 0.0667. The number of benzene rings is 2. The molecule has 0 radical (unpaired) electrons. The van der Waals surface area contributed by atoms with Crippen molar-refractivity contribution in [2.24, 2.45) is 0 Å². The summed E-state index contributed by atoms with van der Waals surface area (Å²) < 4.78 is 38.0. The van der Waals surface area contributed by atoms with Gasteiger partial charge in [0, 0.05) is 11.1 Å². The number of nitrogens with zero attached hydrogens (tertiary/aromatic N) is 1. The fourth-order valence-corrected chi connectivity index (χ4v) is 1.75. The number of alkyl halides is 3. The number of halogens is 3. The van der Waals surface area contributed by atoms with Crippen molar-refractivity contribution in [2.75, 3.05) is 0 Å². The zero-order valence-corrected chi connectivity index (χ0v) is 10.1. The molecule has 2 aromatic rings. The summed E-state index contributed by atoms with van der Waals surface area (Å²) in [5.41, 5.74) is -1.03. The minimum atomic E-state index is -4.56. The number of hydrogen-bond donors (Lipinski definition) is 0. The Labute approximate surface area is 113 Å². The normalized spacial score (nSPS) is 10.9. The van der Waals surface area contributed by atoms with E-state index in [9.17, 15) is 18.0 Å². The summed E-state index contributed by atoms with van der Waals surface area (Å²) in [6, 6.07) is 12.1. The number of ketones is 1. The molecule has 0 amide bonds. The van der Waals surface area contributed by atoms with E-state index in [0.29, 0.717) is 6.07 Å². The van der Waals surface area contributed by atoms with Crippen molar-refractivity contribution in [3.8, 4) is 6.07 Å². The van der Waals surface area contributed by atoms with Crippen molar-refractivity contribution in [3.63, 3.8) is 0 Å². The van der Waals surface area contributed by atoms with Crippen molar-refractivity contribution < 1.29 is 18.0 Å². The summed E-state index contributed by atoms with van der Waals surface area (Å²) in [5, 5.41) is 8.92. The average molecular weight is 275 g/mol. The zero-order valence-electron chi connectivity index (χ0n) is 10.1. The number of nitriles is 1. The number of hydrogen-bond acceptors (Lipinski definition) is 2. The lowest BCUT2D eigenvalue weighted by molar-refractivity contribution is -0.137. The van der Waals surface area contributed by atoms with E-state index in [0.717, 1.165) is 12.1 Å². The monoisotopic (exact) mass is 275 g/mol. The van der Waals surface area contributed by atoms with Gasteiger partial charge in [-0.15, -0.1) is 0 Å². The SMILES string of the molecule is N#Cc1ccc(C(F)(F)F)cc1C(=O)c1ccccc1. The van der Waals surface area contributed by atoms with Gasteiger partial charge in [0.1, 0.15) is 0 Å². The molecule has 0 aliphatic carbocycles. The Balaban J connectivity index is 2.55. The molecule has 5 heteroatoms. The number of carbonyl (C=O) groups is 1. The van der Waals surface area contributed by atoms with Crippen molar-refractivity contribution in [1.29, 1.82) is 5.26 Å². The first-order valence-electron chi connectivity index (χ1n) is 5.64. The van der Waals surface area contributed by atoms with Gasteiger partial charge in [-0.2, -0.15) is 18.4 Å². The van der Waals surface area contributed by atoms with Gasteiger partial charge in [0.15, 0.2) is 5.78 Å². The third-order valence-electron chi connectivity index (χ3n) is 2.75. The molecule has 0 unspecified atom stereocenters. The van der Waals surface area contributed by atoms with Crippen LogP contribution in [0.3, 0.4) is 0 Å². The zero-order chi connectivity index (χ0) is 14.8. The minimum Gasteiger partial charge on any atom is -0.289 e. The van der Waals surface area contributed by atoms with E-state index in [-0.39, 0.29) is 16.7 Å². The van der Waals surface area contributed by atoms with Gasteiger partial charge in [-0.25, -0.2) is 0 Å². The van der Waals surface area contributed by atoms with Crippen LogP contribution in [0, 0.1) is 11.3 Å². The molecule has 2 nitrogen and oxygen atoms in total. The Morgan fingerprint density at radius 3 is 2.25 bits per heavy atom. The number of rotatable bonds is 2. The molecule has 0 spiro atoms. The van der Waals surface area contributed by atoms with Crippen LogP contribution in [0.25, 0.3) is 0 Å². The van der Waals surface area contributed by atoms with E-state index < -0.39 is 17.5 Å². The summed E-state index contributed by atoms with van der Waals surface area (Å²) in [6.45, 7) is 0. The van der Waals surface area contributed by atoms with E-state index in [1.54, 1.807) is 24.3 Å². The van der Waals surface area contributed by atoms with Crippen LogP contribution in [0.15, 0.2) is 48.5 Å². The molecule has 2 aromatic carbocycles. The van der Waals surface area contributed by atoms with Crippen LogP contribution < -0.4 is 0 Å². The third kappa shape index (κ3) is 2.69. The molecule has 0 N–H and O–H groups in total. The summed E-state index contributed by atoms with van der Waals surface area (Å²) in [6.07, 6.45) is -4.56. The molecular weight excluding hydrogens is 267 g/mol. The highest BCUT2D eigenvalue weighted by molar-refractivity contribution is 6.10. The van der Waals surface area contributed by atoms with Gasteiger partial charge < -0.3 is 0 Å². The molecule has 0 fully saturated rings. The molecule has 0 aromatic heterocycles. The second-order valence-corrected chi connectivity index (χ2v) is 4.07. The molecule has 0 atom stereocenters. The van der Waals surface area contributed by atoms with Crippen LogP contribution in [-0.4, -0.2) is 5.78 Å². The molecule has 20 heavy (non-hydrogen) atoms. The predicted molar refractivity (Wildman–Crippen MR) is 66.0 cm³/mol. The van der Waals surface area contributed by atoms with Crippen molar-refractivity contribution in [3.05, 3.63) is 70.8 Å². The molecule has 0 aliphatic rings. The van der Waals surface area contributed by atoms with Gasteiger partial charge in [0.05, 0.1) is 17.2 Å². The smallest absolute Gasteiger partial charge is 0.289 e. The van der Waals surface area contributed by atoms with Crippen LogP contribution in [-0.2, 0) is 6.18 Å². The molecule has 0 saturated heterocycles. The average Bonchev–Trinajstić information content (AvgIpc) is 2.45. The van der Waals surface area contributed by atoms with E-state index in [1.165, 1.54) is 12.1 Å². The van der Waals surface area contributed by atoms with E-state index in [1.807, 2.05) is 0 Å². The molecular formula is C15H8F3NO. The van der Waals surface area contributed by atoms with Gasteiger partial charge in [-0.05, 0) is 18.2 Å². The van der Waals surface area contributed by atoms with Crippen LogP contribution in [0.5, 0.6) is 0 Å². The lowest BCUT2D eigenvalue weighted by atomic mass is 9.96. The Bertz CT molecular complexity index is 685. The second-order valence-electron chi connectivity index (χ2n) is 4.07. The molecule has 0 heterocycles. The van der Waals surface area contributed by atoms with Gasteiger partial charge in [0.2, 0.25) is 0 Å². The molecule has 0 aliphatic heterocycles. The summed E-state index contributed by atoms with van der Waals surface area (Å²) >= 11 is 0. The van der Waals surface area contributed by atoms with Gasteiger partial charge >= 0.3 is 6.18 Å². The fourth-order valence-electron chi connectivity index (χ4n) is 1.75. The maximum atomic E-state index is 12.7. The highest BCUT2D eigenvalue weighted by Gasteiger charge is 2.31. The largest absolute Gasteiger partial charge is 0.416 e. The topological polar surface area (TPSA) is 40.9 Å². The van der Waals surface area contributed by atoms with Gasteiger partial charge in [-0.3, -0.25) is 4.79 Å². The highest BCUT2D eigenvalue weighted by atomic mass is 19.4. The molecule has 0 bridgehead atoms. The second kappa shape index (κ2) is 5.17. The Morgan fingerprint density at radius 2 is 1.70 bits per heavy atom.